The third-order valence-electron chi connectivity index (χ3n) is 12.3. The van der Waals surface area contributed by atoms with E-state index in [-0.39, 0.29) is 71.8 Å². The van der Waals surface area contributed by atoms with Gasteiger partial charge in [0.05, 0.1) is 21.7 Å². The third kappa shape index (κ3) is 7.42. The summed E-state index contributed by atoms with van der Waals surface area (Å²) in [6.07, 6.45) is 6.56. The smallest absolute Gasteiger partial charge is 0.262 e. The summed E-state index contributed by atoms with van der Waals surface area (Å²) < 4.78 is 61.3. The van der Waals surface area contributed by atoms with Crippen molar-refractivity contribution in [2.24, 2.45) is 0 Å². The van der Waals surface area contributed by atoms with Crippen LogP contribution in [-0.4, -0.2) is 112 Å². The number of carbonyl (C=O) groups excluding carboxylic acids is 4. The largest absolute Gasteiger partial charge is 0.367 e. The topological polar surface area (TPSA) is 187 Å². The fourth-order valence-electron chi connectivity index (χ4n) is 9.18. The van der Waals surface area contributed by atoms with Gasteiger partial charge in [-0.1, -0.05) is 12.8 Å². The van der Waals surface area contributed by atoms with E-state index in [1.165, 1.54) is 22.5 Å². The van der Waals surface area contributed by atoms with Gasteiger partial charge in [-0.15, -0.1) is 0 Å². The minimum Gasteiger partial charge on any atom is -0.367 e. The van der Waals surface area contributed by atoms with E-state index in [2.05, 4.69) is 15.6 Å². The maximum absolute atomic E-state index is 15.5. The predicted octanol–water partition coefficient (Wildman–Crippen LogP) is 3.17. The first kappa shape index (κ1) is 39.8. The van der Waals surface area contributed by atoms with E-state index in [1.54, 1.807) is 27.8 Å². The molecule has 5 aliphatic rings. The lowest BCUT2D eigenvalue weighted by molar-refractivity contribution is -0.136. The number of nitrogens with zero attached hydrogens (tertiary/aromatic N) is 7. The number of rotatable bonds is 9. The molecule has 2 aromatic heterocycles. The number of piperidine rings is 2. The van der Waals surface area contributed by atoms with Gasteiger partial charge in [-0.05, 0) is 74.1 Å². The number of hydrogen-bond acceptors (Lipinski definition) is 12. The molecular formula is C41H43F2N9O7S. The second kappa shape index (κ2) is 15.7. The van der Waals surface area contributed by atoms with Crippen LogP contribution in [0, 0.1) is 11.6 Å². The maximum atomic E-state index is 15.5. The monoisotopic (exact) mass is 843 g/mol. The average molecular weight is 844 g/mol. The maximum Gasteiger partial charge on any atom is 0.262 e. The number of imide groups is 2. The van der Waals surface area contributed by atoms with Crippen molar-refractivity contribution in [3.63, 3.8) is 0 Å². The molecule has 4 aromatic rings. The van der Waals surface area contributed by atoms with Crippen molar-refractivity contribution >= 4 is 56.3 Å². The lowest BCUT2D eigenvalue weighted by atomic mass is 10.0. The Morgan fingerprint density at radius 1 is 0.817 bits per heavy atom. The van der Waals surface area contributed by atoms with Crippen LogP contribution in [0.1, 0.15) is 83.7 Å². The number of anilines is 2. The Hall–Kier alpha value is -5.66. The number of nitrogens with one attached hydrogen (secondary N) is 2. The summed E-state index contributed by atoms with van der Waals surface area (Å²) in [6, 6.07) is 8.24. The number of aromatic nitrogens is 3. The molecule has 16 nitrogen and oxygen atoms in total. The van der Waals surface area contributed by atoms with Crippen LogP contribution in [0.5, 0.6) is 0 Å². The van der Waals surface area contributed by atoms with Gasteiger partial charge in [-0.25, -0.2) is 22.2 Å². The van der Waals surface area contributed by atoms with Gasteiger partial charge >= 0.3 is 0 Å². The molecular weight excluding hydrogens is 801 g/mol. The highest BCUT2D eigenvalue weighted by molar-refractivity contribution is 7.89. The number of benzene rings is 2. The van der Waals surface area contributed by atoms with Crippen LogP contribution < -0.4 is 21.1 Å². The normalized spacial score (nSPS) is 21.3. The number of fused-ring (bicyclic) bond motifs is 2. The van der Waals surface area contributed by atoms with E-state index >= 15 is 8.78 Å². The van der Waals surface area contributed by atoms with Crippen molar-refractivity contribution in [3.8, 4) is 0 Å². The number of piperazine rings is 1. The highest BCUT2D eigenvalue weighted by Crippen LogP contribution is 2.34. The second-order valence-electron chi connectivity index (χ2n) is 16.1. The first-order chi connectivity index (χ1) is 28.8. The Kier molecular flexibility index (Phi) is 10.4. The summed E-state index contributed by atoms with van der Waals surface area (Å²) in [5, 5.41) is 6.25. The van der Waals surface area contributed by atoms with Gasteiger partial charge in [-0.3, -0.25) is 43.7 Å². The Morgan fingerprint density at radius 3 is 2.25 bits per heavy atom. The van der Waals surface area contributed by atoms with Crippen molar-refractivity contribution in [3.05, 3.63) is 87.3 Å². The highest BCUT2D eigenvalue weighted by atomic mass is 32.2. The Bertz CT molecular complexity index is 2600. The Morgan fingerprint density at radius 2 is 1.53 bits per heavy atom. The van der Waals surface area contributed by atoms with Crippen molar-refractivity contribution in [1.82, 2.24) is 34.0 Å². The van der Waals surface area contributed by atoms with E-state index in [4.69, 9.17) is 4.98 Å². The van der Waals surface area contributed by atoms with Crippen molar-refractivity contribution < 1.29 is 36.4 Å². The lowest BCUT2D eigenvalue weighted by Crippen LogP contribution is -2.54. The van der Waals surface area contributed by atoms with Crippen LogP contribution in [0.15, 0.2) is 58.4 Å². The molecule has 4 aliphatic heterocycles. The number of pyridine rings is 1. The van der Waals surface area contributed by atoms with Crippen molar-refractivity contribution in [2.75, 3.05) is 49.5 Å². The molecule has 2 aromatic carbocycles. The van der Waals surface area contributed by atoms with Crippen LogP contribution in [0.2, 0.25) is 0 Å². The summed E-state index contributed by atoms with van der Waals surface area (Å²) in [6.45, 7) is 2.09. The van der Waals surface area contributed by atoms with Crippen LogP contribution in [0.4, 0.5) is 20.4 Å². The molecule has 9 rings (SSSR count). The SMILES string of the molecule is O=C1CCC(N2C(=O)c3cc(F)c(N4CCN(Cc5cc(F)cc(S(=O)(=O)N6CCC(Nc7ncc8ccc(=O)n(C9CCCC9)c8n7)CC6)c5)CC4)cc3C2=O)C(=O)N1. The molecule has 314 valence electrons. The predicted molar refractivity (Wildman–Crippen MR) is 214 cm³/mol. The first-order valence-electron chi connectivity index (χ1n) is 20.3. The van der Waals surface area contributed by atoms with Gasteiger partial charge < -0.3 is 10.2 Å². The average Bonchev–Trinajstić information content (AvgIpc) is 3.84. The van der Waals surface area contributed by atoms with Gasteiger partial charge in [-0.2, -0.15) is 9.29 Å². The summed E-state index contributed by atoms with van der Waals surface area (Å²) >= 11 is 0. The Balaban J connectivity index is 0.817. The zero-order valence-corrected chi connectivity index (χ0v) is 33.4. The first-order valence-corrected chi connectivity index (χ1v) is 21.7. The zero-order valence-electron chi connectivity index (χ0n) is 32.6. The van der Waals surface area contributed by atoms with E-state index in [1.807, 2.05) is 4.90 Å². The molecule has 6 heterocycles. The van der Waals surface area contributed by atoms with Crippen molar-refractivity contribution in [2.45, 2.75) is 80.9 Å². The lowest BCUT2D eigenvalue weighted by Gasteiger charge is -2.36. The van der Waals surface area contributed by atoms with Gasteiger partial charge in [0.1, 0.15) is 23.3 Å². The molecule has 0 spiro atoms. The van der Waals surface area contributed by atoms with Crippen LogP contribution in [-0.2, 0) is 26.2 Å². The number of amides is 4. The Labute approximate surface area is 343 Å². The van der Waals surface area contributed by atoms with E-state index in [9.17, 15) is 32.4 Å². The third-order valence-corrected chi connectivity index (χ3v) is 14.2. The van der Waals surface area contributed by atoms with E-state index < -0.39 is 51.3 Å². The van der Waals surface area contributed by atoms with Gasteiger partial charge in [0, 0.05) is 82.0 Å². The molecule has 19 heteroatoms. The molecule has 1 atom stereocenters. The quantitative estimate of drug-likeness (QED) is 0.235. The summed E-state index contributed by atoms with van der Waals surface area (Å²) in [7, 11) is -4.04. The number of sulfonamides is 1. The molecule has 3 saturated heterocycles. The highest BCUT2D eigenvalue weighted by Gasteiger charge is 2.45. The fraction of sp³-hybridized carbons (Fsp3) is 0.439. The molecule has 4 fully saturated rings. The minimum atomic E-state index is -4.04. The fourth-order valence-corrected chi connectivity index (χ4v) is 10.7. The number of carbonyl (C=O) groups is 4. The van der Waals surface area contributed by atoms with Crippen LogP contribution >= 0.6 is 0 Å². The summed E-state index contributed by atoms with van der Waals surface area (Å²) in [5.74, 6) is -3.79. The molecule has 0 bridgehead atoms. The molecule has 2 N–H and O–H groups in total. The van der Waals surface area contributed by atoms with Crippen LogP contribution in [0.3, 0.4) is 0 Å². The standard InChI is InChI=1S/C41H43F2N9O7S/c42-26-17-24(23-48-13-15-49(16-14-48)34-21-31-30(20-32(34)43)39(56)52(40(31)57)33-6-7-35(53)46-38(33)55)18-29(19-26)60(58,59)50-11-9-27(10-12-50)45-41-44-22-25-5-8-36(54)51(37(25)47-41)28-3-1-2-4-28/h5,8,17-22,27-28,33H,1-4,6-7,9-16,23H2,(H,44,45,47)(H,46,53,55). The van der Waals surface area contributed by atoms with Crippen LogP contribution in [0.25, 0.3) is 11.0 Å². The molecule has 1 aliphatic carbocycles. The minimum absolute atomic E-state index is 0.0147. The molecule has 1 unspecified atom stereocenters. The van der Waals surface area contributed by atoms with E-state index in [0.717, 1.165) is 48.1 Å². The van der Waals surface area contributed by atoms with Gasteiger partial charge in [0.2, 0.25) is 27.8 Å². The second-order valence-corrected chi connectivity index (χ2v) is 18.1. The zero-order chi connectivity index (χ0) is 41.9. The number of halogens is 2. The summed E-state index contributed by atoms with van der Waals surface area (Å²) in [5.41, 5.74) is 0.903. The summed E-state index contributed by atoms with van der Waals surface area (Å²) in [4.78, 5) is 76.9. The molecule has 60 heavy (non-hydrogen) atoms. The van der Waals surface area contributed by atoms with Crippen molar-refractivity contribution in [1.29, 1.82) is 0 Å². The molecule has 0 radical (unpaired) electrons. The molecule has 4 amide bonds. The molecule has 1 saturated carbocycles. The number of hydrogen-bond donors (Lipinski definition) is 2. The van der Waals surface area contributed by atoms with Gasteiger partial charge in [0.15, 0.2) is 0 Å². The van der Waals surface area contributed by atoms with E-state index in [0.29, 0.717) is 56.2 Å². The van der Waals surface area contributed by atoms with Gasteiger partial charge in [0.25, 0.3) is 17.4 Å².